The zero-order valence-electron chi connectivity index (χ0n) is 18.6. The molecule has 3 aromatic rings. The van der Waals surface area contributed by atoms with Gasteiger partial charge in [0.25, 0.3) is 5.91 Å². The van der Waals surface area contributed by atoms with Crippen LogP contribution in [0.1, 0.15) is 20.7 Å². The van der Waals surface area contributed by atoms with Crippen LogP contribution in [0, 0.1) is 0 Å². The van der Waals surface area contributed by atoms with Crippen molar-refractivity contribution in [3.8, 4) is 22.3 Å². The first-order chi connectivity index (χ1) is 16.4. The third-order valence-corrected chi connectivity index (χ3v) is 5.75. The lowest BCUT2D eigenvalue weighted by molar-refractivity contribution is -0.118. The third-order valence-electron chi connectivity index (χ3n) is 5.75. The summed E-state index contributed by atoms with van der Waals surface area (Å²) in [6.45, 7) is 2.48. The van der Waals surface area contributed by atoms with Gasteiger partial charge in [-0.2, -0.15) is 0 Å². The lowest BCUT2D eigenvalue weighted by Gasteiger charge is -2.26. The van der Waals surface area contributed by atoms with Gasteiger partial charge in [0, 0.05) is 24.2 Å². The van der Waals surface area contributed by atoms with E-state index in [4.69, 9.17) is 16.2 Å². The Hall–Kier alpha value is -4.01. The highest BCUT2D eigenvalue weighted by molar-refractivity contribution is 6.12. The number of nitrogens with zero attached hydrogens (tertiary/aromatic N) is 1. The zero-order valence-corrected chi connectivity index (χ0v) is 18.6. The number of morpholine rings is 1. The summed E-state index contributed by atoms with van der Waals surface area (Å²) in [4.78, 5) is 39.4. The Morgan fingerprint density at radius 2 is 1.32 bits per heavy atom. The van der Waals surface area contributed by atoms with Crippen molar-refractivity contribution in [1.82, 2.24) is 4.90 Å². The molecule has 8 heteroatoms. The molecule has 1 fully saturated rings. The van der Waals surface area contributed by atoms with Gasteiger partial charge in [0.15, 0.2) is 0 Å². The number of primary amides is 2. The Morgan fingerprint density at radius 1 is 0.765 bits per heavy atom. The first-order valence-corrected chi connectivity index (χ1v) is 11.0. The van der Waals surface area contributed by atoms with E-state index in [0.29, 0.717) is 37.4 Å². The summed E-state index contributed by atoms with van der Waals surface area (Å²) >= 11 is 0. The predicted molar refractivity (Wildman–Crippen MR) is 130 cm³/mol. The van der Waals surface area contributed by atoms with E-state index in [2.05, 4.69) is 5.32 Å². The second kappa shape index (κ2) is 10.3. The SMILES string of the molecule is NC(=O)c1ccc(C(N)=O)c(-c2ccc(-c3ccccc3)cc2)c1NC(=O)CN1CCOCC1. The topological polar surface area (TPSA) is 128 Å². The fraction of sp³-hybridized carbons (Fsp3) is 0.192. The van der Waals surface area contributed by atoms with Crippen LogP contribution < -0.4 is 16.8 Å². The van der Waals surface area contributed by atoms with Crippen LogP contribution in [0.25, 0.3) is 22.3 Å². The minimum atomic E-state index is -0.722. The van der Waals surface area contributed by atoms with Crippen molar-refractivity contribution in [2.24, 2.45) is 11.5 Å². The highest BCUT2D eigenvalue weighted by atomic mass is 16.5. The molecule has 0 bridgehead atoms. The number of nitrogens with two attached hydrogens (primary N) is 2. The molecule has 3 aromatic carbocycles. The molecule has 0 saturated carbocycles. The molecule has 1 aliphatic rings. The van der Waals surface area contributed by atoms with E-state index in [1.54, 1.807) is 0 Å². The van der Waals surface area contributed by atoms with Crippen LogP contribution in [-0.2, 0) is 9.53 Å². The average molecular weight is 459 g/mol. The van der Waals surface area contributed by atoms with Crippen molar-refractivity contribution in [2.75, 3.05) is 38.2 Å². The summed E-state index contributed by atoms with van der Waals surface area (Å²) in [5.41, 5.74) is 14.7. The molecular weight excluding hydrogens is 432 g/mol. The van der Waals surface area contributed by atoms with Crippen molar-refractivity contribution in [2.45, 2.75) is 0 Å². The fourth-order valence-electron chi connectivity index (χ4n) is 4.04. The molecule has 1 aliphatic heterocycles. The lowest BCUT2D eigenvalue weighted by atomic mass is 9.92. The number of benzene rings is 3. The van der Waals surface area contributed by atoms with Gasteiger partial charge in [-0.1, -0.05) is 54.6 Å². The molecular formula is C26H26N4O4. The minimum Gasteiger partial charge on any atom is -0.379 e. The Morgan fingerprint density at radius 3 is 1.94 bits per heavy atom. The maximum atomic E-state index is 12.9. The van der Waals surface area contributed by atoms with E-state index < -0.39 is 11.8 Å². The van der Waals surface area contributed by atoms with Crippen LogP contribution >= 0.6 is 0 Å². The number of anilines is 1. The second-order valence-electron chi connectivity index (χ2n) is 8.02. The summed E-state index contributed by atoms with van der Waals surface area (Å²) in [5, 5.41) is 2.82. The van der Waals surface area contributed by atoms with E-state index in [1.165, 1.54) is 12.1 Å². The third kappa shape index (κ3) is 5.14. The molecule has 0 radical (unpaired) electrons. The highest BCUT2D eigenvalue weighted by Gasteiger charge is 2.23. The first kappa shape index (κ1) is 23.2. The predicted octanol–water partition coefficient (Wildman–Crippen LogP) is 2.49. The number of ether oxygens (including phenoxy) is 1. The maximum Gasteiger partial charge on any atom is 0.250 e. The minimum absolute atomic E-state index is 0.0995. The molecule has 0 aromatic heterocycles. The monoisotopic (exact) mass is 458 g/mol. The summed E-state index contributed by atoms with van der Waals surface area (Å²) in [7, 11) is 0. The van der Waals surface area contributed by atoms with E-state index in [-0.39, 0.29) is 29.3 Å². The van der Waals surface area contributed by atoms with Crippen LogP contribution in [-0.4, -0.2) is 55.5 Å². The van der Waals surface area contributed by atoms with Gasteiger partial charge in [-0.15, -0.1) is 0 Å². The average Bonchev–Trinajstić information content (AvgIpc) is 2.84. The molecule has 1 saturated heterocycles. The van der Waals surface area contributed by atoms with Crippen molar-refractivity contribution in [3.05, 3.63) is 77.9 Å². The molecule has 0 aliphatic carbocycles. The first-order valence-electron chi connectivity index (χ1n) is 11.0. The zero-order chi connectivity index (χ0) is 24.1. The van der Waals surface area contributed by atoms with Gasteiger partial charge in [0.05, 0.1) is 31.0 Å². The standard InChI is InChI=1S/C26H26N4O4/c27-25(32)20-10-11-21(26(28)33)24(29-22(31)16-30-12-14-34-15-13-30)23(20)19-8-6-18(7-9-19)17-4-2-1-3-5-17/h1-11H,12-16H2,(H2,27,32)(H2,28,33)(H,29,31). The Labute approximate surface area is 197 Å². The fourth-order valence-corrected chi connectivity index (χ4v) is 4.04. The quantitative estimate of drug-likeness (QED) is 0.501. The number of nitrogens with one attached hydrogen (secondary N) is 1. The number of carbonyl (C=O) groups excluding carboxylic acids is 3. The van der Waals surface area contributed by atoms with E-state index >= 15 is 0 Å². The molecule has 4 rings (SSSR count). The van der Waals surface area contributed by atoms with Crippen molar-refractivity contribution in [1.29, 1.82) is 0 Å². The van der Waals surface area contributed by atoms with E-state index in [0.717, 1.165) is 11.1 Å². The highest BCUT2D eigenvalue weighted by Crippen LogP contribution is 2.36. The molecule has 0 unspecified atom stereocenters. The van der Waals surface area contributed by atoms with Crippen LogP contribution in [0.2, 0.25) is 0 Å². The van der Waals surface area contributed by atoms with Gasteiger partial charge in [-0.25, -0.2) is 0 Å². The molecule has 0 atom stereocenters. The van der Waals surface area contributed by atoms with Crippen molar-refractivity contribution in [3.63, 3.8) is 0 Å². The number of rotatable bonds is 7. The number of amides is 3. The molecule has 3 amide bonds. The lowest BCUT2D eigenvalue weighted by Crippen LogP contribution is -2.41. The number of hydrogen-bond donors (Lipinski definition) is 3. The van der Waals surface area contributed by atoms with Crippen molar-refractivity contribution < 1.29 is 19.1 Å². The second-order valence-corrected chi connectivity index (χ2v) is 8.02. The summed E-state index contributed by atoms with van der Waals surface area (Å²) in [5.74, 6) is -1.73. The van der Waals surface area contributed by atoms with Crippen molar-refractivity contribution >= 4 is 23.4 Å². The van der Waals surface area contributed by atoms with Crippen LogP contribution in [0.3, 0.4) is 0 Å². The molecule has 1 heterocycles. The van der Waals surface area contributed by atoms with Gasteiger partial charge in [0.2, 0.25) is 11.8 Å². The smallest absolute Gasteiger partial charge is 0.250 e. The molecule has 34 heavy (non-hydrogen) atoms. The molecule has 5 N–H and O–H groups in total. The Balaban J connectivity index is 1.75. The van der Waals surface area contributed by atoms with Crippen LogP contribution in [0.15, 0.2) is 66.7 Å². The van der Waals surface area contributed by atoms with E-state index in [1.807, 2.05) is 59.5 Å². The molecule has 8 nitrogen and oxygen atoms in total. The maximum absolute atomic E-state index is 12.9. The van der Waals surface area contributed by atoms with E-state index in [9.17, 15) is 14.4 Å². The summed E-state index contributed by atoms with van der Waals surface area (Å²) in [6, 6.07) is 20.2. The van der Waals surface area contributed by atoms with Gasteiger partial charge >= 0.3 is 0 Å². The van der Waals surface area contributed by atoms with Gasteiger partial charge in [-0.3, -0.25) is 19.3 Å². The number of carbonyl (C=O) groups is 3. The molecule has 174 valence electrons. The summed E-state index contributed by atoms with van der Waals surface area (Å²) < 4.78 is 5.32. The van der Waals surface area contributed by atoms with Crippen LogP contribution in [0.5, 0.6) is 0 Å². The van der Waals surface area contributed by atoms with Gasteiger partial charge < -0.3 is 21.5 Å². The Kier molecular flexibility index (Phi) is 7.01. The summed E-state index contributed by atoms with van der Waals surface area (Å²) in [6.07, 6.45) is 0. The largest absolute Gasteiger partial charge is 0.379 e. The van der Waals surface area contributed by atoms with Crippen LogP contribution in [0.4, 0.5) is 5.69 Å². The normalized spacial score (nSPS) is 13.9. The van der Waals surface area contributed by atoms with Gasteiger partial charge in [-0.05, 0) is 28.8 Å². The van der Waals surface area contributed by atoms with Gasteiger partial charge in [0.1, 0.15) is 0 Å². The Bertz CT molecular complexity index is 1200. The molecule has 0 spiro atoms. The number of hydrogen-bond acceptors (Lipinski definition) is 5.